The van der Waals surface area contributed by atoms with E-state index in [-0.39, 0.29) is 12.3 Å². The highest BCUT2D eigenvalue weighted by molar-refractivity contribution is 6.08. The molecule has 98 valence electrons. The second kappa shape index (κ2) is 6.11. The summed E-state index contributed by atoms with van der Waals surface area (Å²) in [6.07, 6.45) is 0. The lowest BCUT2D eigenvalue weighted by Gasteiger charge is -2.12. The molecular weight excluding hydrogens is 239 g/mol. The van der Waals surface area contributed by atoms with Crippen molar-refractivity contribution in [3.05, 3.63) is 29.6 Å². The fourth-order valence-corrected chi connectivity index (χ4v) is 1.29. The van der Waals surface area contributed by atoms with E-state index in [0.29, 0.717) is 5.56 Å². The lowest BCUT2D eigenvalue weighted by Crippen LogP contribution is -2.43. The fourth-order valence-electron chi connectivity index (χ4n) is 1.29. The number of hydrogen-bond donors (Lipinski definition) is 2. The molecule has 1 rings (SSSR count). The Hall–Kier alpha value is -1.95. The number of halogens is 1. The number of ether oxygens (including phenoxy) is 1. The molecule has 0 aliphatic carbocycles. The smallest absolute Gasteiger partial charge is 0.332 e. The molecular formula is C12H15FN2O3. The van der Waals surface area contributed by atoms with Gasteiger partial charge in [0.15, 0.2) is 6.04 Å². The Balaban J connectivity index is 2.75. The van der Waals surface area contributed by atoms with Gasteiger partial charge in [-0.15, -0.1) is 0 Å². The van der Waals surface area contributed by atoms with Crippen LogP contribution in [0.1, 0.15) is 12.5 Å². The third kappa shape index (κ3) is 3.27. The van der Waals surface area contributed by atoms with E-state index in [1.165, 1.54) is 6.07 Å². The lowest BCUT2D eigenvalue weighted by molar-refractivity contribution is -0.146. The second-order valence-corrected chi connectivity index (χ2v) is 3.66. The van der Waals surface area contributed by atoms with Gasteiger partial charge in [-0.1, -0.05) is 12.1 Å². The van der Waals surface area contributed by atoms with Gasteiger partial charge in [0, 0.05) is 0 Å². The Labute approximate surface area is 104 Å². The van der Waals surface area contributed by atoms with E-state index in [2.05, 4.69) is 10.1 Å². The van der Waals surface area contributed by atoms with E-state index in [1.54, 1.807) is 26.0 Å². The van der Waals surface area contributed by atoms with E-state index in [9.17, 15) is 14.0 Å². The molecule has 0 saturated carbocycles. The first-order valence-corrected chi connectivity index (χ1v) is 5.45. The minimum Gasteiger partial charge on any atom is -0.464 e. The number of nitrogens with one attached hydrogen (secondary N) is 1. The van der Waals surface area contributed by atoms with Gasteiger partial charge < -0.3 is 15.8 Å². The van der Waals surface area contributed by atoms with Crippen molar-refractivity contribution < 1.29 is 18.7 Å². The van der Waals surface area contributed by atoms with Crippen molar-refractivity contribution in [2.75, 3.05) is 11.9 Å². The molecule has 0 saturated heterocycles. The van der Waals surface area contributed by atoms with E-state index >= 15 is 0 Å². The molecule has 0 fully saturated rings. The van der Waals surface area contributed by atoms with Crippen LogP contribution >= 0.6 is 0 Å². The number of nitrogens with two attached hydrogens (primary N) is 1. The van der Waals surface area contributed by atoms with Crippen LogP contribution in [0.15, 0.2) is 18.2 Å². The molecule has 6 heteroatoms. The number of carbonyl (C=O) groups excluding carboxylic acids is 2. The van der Waals surface area contributed by atoms with Gasteiger partial charge in [0.2, 0.25) is 0 Å². The molecule has 0 spiro atoms. The normalized spacial score (nSPS) is 11.8. The summed E-state index contributed by atoms with van der Waals surface area (Å²) in [5.74, 6) is -2.21. The van der Waals surface area contributed by atoms with E-state index in [4.69, 9.17) is 5.73 Å². The zero-order valence-corrected chi connectivity index (χ0v) is 10.2. The molecule has 0 radical (unpaired) electrons. The van der Waals surface area contributed by atoms with Gasteiger partial charge in [0.05, 0.1) is 12.3 Å². The Kier molecular flexibility index (Phi) is 4.79. The minimum absolute atomic E-state index is 0.0141. The number of aryl methyl sites for hydroxylation is 1. The molecule has 3 N–H and O–H groups in total. The number of anilines is 1. The highest BCUT2D eigenvalue weighted by Crippen LogP contribution is 2.17. The van der Waals surface area contributed by atoms with Crippen LogP contribution in [-0.4, -0.2) is 24.5 Å². The molecule has 1 unspecified atom stereocenters. The molecule has 1 aromatic carbocycles. The summed E-state index contributed by atoms with van der Waals surface area (Å²) in [5.41, 5.74) is 5.75. The van der Waals surface area contributed by atoms with Crippen LogP contribution in [0.4, 0.5) is 10.1 Å². The Morgan fingerprint density at radius 3 is 2.78 bits per heavy atom. The monoisotopic (exact) mass is 254 g/mol. The average molecular weight is 254 g/mol. The summed E-state index contributed by atoms with van der Waals surface area (Å²) in [4.78, 5) is 22.8. The van der Waals surface area contributed by atoms with Gasteiger partial charge in [-0.2, -0.15) is 0 Å². The van der Waals surface area contributed by atoms with Crippen LogP contribution in [0, 0.1) is 12.7 Å². The van der Waals surface area contributed by atoms with Gasteiger partial charge in [0.25, 0.3) is 5.91 Å². The van der Waals surface area contributed by atoms with Gasteiger partial charge in [-0.3, -0.25) is 4.79 Å². The number of benzene rings is 1. The maximum atomic E-state index is 13.6. The first-order valence-electron chi connectivity index (χ1n) is 5.45. The van der Waals surface area contributed by atoms with Gasteiger partial charge in [0.1, 0.15) is 5.82 Å². The van der Waals surface area contributed by atoms with Crippen LogP contribution < -0.4 is 11.1 Å². The van der Waals surface area contributed by atoms with Crippen molar-refractivity contribution in [3.8, 4) is 0 Å². The van der Waals surface area contributed by atoms with Crippen molar-refractivity contribution in [1.29, 1.82) is 0 Å². The van der Waals surface area contributed by atoms with Gasteiger partial charge in [-0.05, 0) is 25.5 Å². The highest BCUT2D eigenvalue weighted by Gasteiger charge is 2.24. The maximum absolute atomic E-state index is 13.6. The van der Waals surface area contributed by atoms with E-state index in [1.807, 2.05) is 0 Å². The van der Waals surface area contributed by atoms with Crippen LogP contribution in [0.5, 0.6) is 0 Å². The Bertz CT molecular complexity index is 463. The van der Waals surface area contributed by atoms with E-state index < -0.39 is 23.7 Å². The molecule has 0 heterocycles. The summed E-state index contributed by atoms with van der Waals surface area (Å²) >= 11 is 0. The SMILES string of the molecule is CCOC(=O)C(N)C(=O)Nc1cccc(C)c1F. The molecule has 1 amide bonds. The summed E-state index contributed by atoms with van der Waals surface area (Å²) in [7, 11) is 0. The van der Waals surface area contributed by atoms with Crippen LogP contribution in [0.2, 0.25) is 0 Å². The highest BCUT2D eigenvalue weighted by atomic mass is 19.1. The summed E-state index contributed by atoms with van der Waals surface area (Å²) in [6, 6.07) is 3.07. The third-order valence-corrected chi connectivity index (χ3v) is 2.27. The fraction of sp³-hybridized carbons (Fsp3) is 0.333. The average Bonchev–Trinajstić information content (AvgIpc) is 2.34. The third-order valence-electron chi connectivity index (χ3n) is 2.27. The number of esters is 1. The quantitative estimate of drug-likeness (QED) is 0.619. The second-order valence-electron chi connectivity index (χ2n) is 3.66. The molecule has 1 atom stereocenters. The van der Waals surface area contributed by atoms with E-state index in [0.717, 1.165) is 0 Å². The van der Waals surface area contributed by atoms with Crippen molar-refractivity contribution in [2.45, 2.75) is 19.9 Å². The van der Waals surface area contributed by atoms with Crippen molar-refractivity contribution >= 4 is 17.6 Å². The minimum atomic E-state index is -1.47. The van der Waals surface area contributed by atoms with Crippen molar-refractivity contribution in [1.82, 2.24) is 0 Å². The molecule has 18 heavy (non-hydrogen) atoms. The molecule has 1 aromatic rings. The zero-order valence-electron chi connectivity index (χ0n) is 10.2. The maximum Gasteiger partial charge on any atom is 0.332 e. The lowest BCUT2D eigenvalue weighted by atomic mass is 10.2. The van der Waals surface area contributed by atoms with Crippen LogP contribution in [0.25, 0.3) is 0 Å². The number of carbonyl (C=O) groups is 2. The predicted octanol–water partition coefficient (Wildman–Crippen LogP) is 0.963. The van der Waals surface area contributed by atoms with Gasteiger partial charge in [-0.25, -0.2) is 9.18 Å². The van der Waals surface area contributed by atoms with Gasteiger partial charge >= 0.3 is 5.97 Å². The van der Waals surface area contributed by atoms with Crippen LogP contribution in [-0.2, 0) is 14.3 Å². The Morgan fingerprint density at radius 1 is 1.50 bits per heavy atom. The Morgan fingerprint density at radius 2 is 2.17 bits per heavy atom. The number of hydrogen-bond acceptors (Lipinski definition) is 4. The topological polar surface area (TPSA) is 81.4 Å². The zero-order chi connectivity index (χ0) is 13.7. The van der Waals surface area contributed by atoms with Crippen molar-refractivity contribution in [3.63, 3.8) is 0 Å². The largest absolute Gasteiger partial charge is 0.464 e. The van der Waals surface area contributed by atoms with Crippen molar-refractivity contribution in [2.24, 2.45) is 5.73 Å². The molecule has 0 aromatic heterocycles. The summed E-state index contributed by atoms with van der Waals surface area (Å²) in [5, 5.41) is 2.25. The standard InChI is InChI=1S/C12H15FN2O3/c1-3-18-12(17)10(14)11(16)15-8-6-4-5-7(2)9(8)13/h4-6,10H,3,14H2,1-2H3,(H,15,16). The van der Waals surface area contributed by atoms with Crippen LogP contribution in [0.3, 0.4) is 0 Å². The number of amides is 1. The molecule has 0 aliphatic rings. The summed E-state index contributed by atoms with van der Waals surface area (Å²) in [6.45, 7) is 3.29. The first kappa shape index (κ1) is 14.1. The first-order chi connectivity index (χ1) is 8.47. The predicted molar refractivity (Wildman–Crippen MR) is 64.4 cm³/mol. The number of rotatable bonds is 4. The molecule has 0 aliphatic heterocycles. The summed E-state index contributed by atoms with van der Waals surface area (Å²) < 4.78 is 18.2. The molecule has 5 nitrogen and oxygen atoms in total. The molecule has 0 bridgehead atoms.